The molecule has 0 N–H and O–H groups in total. The second-order valence-electron chi connectivity index (χ2n) is 7.41. The van der Waals surface area contributed by atoms with Crippen LogP contribution >= 0.6 is 15.9 Å². The molecule has 0 amide bonds. The minimum Gasteiger partial charge on any atom is -0.316 e. The summed E-state index contributed by atoms with van der Waals surface area (Å²) in [5, 5.41) is 0.538. The van der Waals surface area contributed by atoms with Crippen molar-refractivity contribution < 1.29 is 8.42 Å². The van der Waals surface area contributed by atoms with Crippen LogP contribution in [0, 0.1) is 20.8 Å². The van der Waals surface area contributed by atoms with Crippen LogP contribution in [0.2, 0.25) is 0 Å². The summed E-state index contributed by atoms with van der Waals surface area (Å²) in [5.74, 6) is 0. The molecule has 0 saturated heterocycles. The minimum absolute atomic E-state index is 0.106. The van der Waals surface area contributed by atoms with Gasteiger partial charge in [-0.05, 0) is 67.0 Å². The van der Waals surface area contributed by atoms with Crippen LogP contribution in [0.25, 0.3) is 22.2 Å². The van der Waals surface area contributed by atoms with Gasteiger partial charge in [-0.3, -0.25) is 9.78 Å². The lowest BCUT2D eigenvalue weighted by Gasteiger charge is -2.13. The molecule has 0 aliphatic heterocycles. The van der Waals surface area contributed by atoms with Crippen molar-refractivity contribution in [1.82, 2.24) is 13.5 Å². The van der Waals surface area contributed by atoms with E-state index in [1.54, 1.807) is 43.6 Å². The van der Waals surface area contributed by atoms with E-state index >= 15 is 0 Å². The molecular weight excluding hydrogens is 466 g/mol. The van der Waals surface area contributed by atoms with Crippen LogP contribution in [0.4, 0.5) is 0 Å². The summed E-state index contributed by atoms with van der Waals surface area (Å²) < 4.78 is 30.7. The minimum atomic E-state index is -4.04. The van der Waals surface area contributed by atoms with Crippen molar-refractivity contribution in [2.24, 2.45) is 7.05 Å². The largest absolute Gasteiger partial charge is 0.316 e. The number of pyridine rings is 2. The average Bonchev–Trinajstić information content (AvgIpc) is 3.08. The Bertz CT molecular complexity index is 1450. The van der Waals surface area contributed by atoms with Crippen LogP contribution in [0.15, 0.2) is 62.8 Å². The number of aryl methyl sites for hydroxylation is 4. The van der Waals surface area contributed by atoms with Crippen molar-refractivity contribution in [2.45, 2.75) is 25.7 Å². The molecule has 0 saturated carbocycles. The van der Waals surface area contributed by atoms with Crippen LogP contribution in [0.5, 0.6) is 0 Å². The predicted octanol–water partition coefficient (Wildman–Crippen LogP) is 4.33. The predicted molar refractivity (Wildman–Crippen MR) is 121 cm³/mol. The first-order valence-corrected chi connectivity index (χ1v) is 11.5. The molecule has 4 aromatic rings. The van der Waals surface area contributed by atoms with E-state index in [0.29, 0.717) is 21.1 Å². The average molecular weight is 486 g/mol. The van der Waals surface area contributed by atoms with Crippen molar-refractivity contribution in [3.05, 3.63) is 80.4 Å². The Hall–Kier alpha value is -2.71. The quantitative estimate of drug-likeness (QED) is 0.432. The van der Waals surface area contributed by atoms with Crippen molar-refractivity contribution >= 4 is 36.9 Å². The molecule has 0 spiro atoms. The number of halogens is 1. The van der Waals surface area contributed by atoms with Gasteiger partial charge in [0.1, 0.15) is 5.52 Å². The Labute approximate surface area is 183 Å². The first-order valence-electron chi connectivity index (χ1n) is 9.28. The van der Waals surface area contributed by atoms with Gasteiger partial charge in [-0.25, -0.2) is 12.4 Å². The van der Waals surface area contributed by atoms with Gasteiger partial charge >= 0.3 is 0 Å². The summed E-state index contributed by atoms with van der Waals surface area (Å²) in [4.78, 5) is 17.6. The number of nitrogens with zero attached hydrogens (tertiary/aromatic N) is 3. The smallest absolute Gasteiger partial charge is 0.275 e. The highest BCUT2D eigenvalue weighted by atomic mass is 79.9. The third-order valence-corrected chi connectivity index (χ3v) is 7.34. The van der Waals surface area contributed by atoms with Crippen molar-refractivity contribution in [3.8, 4) is 11.3 Å². The molecule has 6 nitrogen and oxygen atoms in total. The molecular formula is C22H20BrN3O3S. The van der Waals surface area contributed by atoms with E-state index in [1.807, 2.05) is 32.9 Å². The maximum atomic E-state index is 13.7. The normalized spacial score (nSPS) is 11.9. The topological polar surface area (TPSA) is 74.0 Å². The zero-order valence-corrected chi connectivity index (χ0v) is 19.4. The Morgan fingerprint density at radius 3 is 2.17 bits per heavy atom. The third kappa shape index (κ3) is 3.30. The molecule has 154 valence electrons. The molecule has 0 fully saturated rings. The summed E-state index contributed by atoms with van der Waals surface area (Å²) in [6.45, 7) is 5.60. The molecule has 0 atom stereocenters. The van der Waals surface area contributed by atoms with Gasteiger partial charge < -0.3 is 4.57 Å². The lowest BCUT2D eigenvalue weighted by Crippen LogP contribution is -2.23. The van der Waals surface area contributed by atoms with Crippen molar-refractivity contribution in [1.29, 1.82) is 0 Å². The molecule has 0 aliphatic carbocycles. The van der Waals surface area contributed by atoms with E-state index in [2.05, 4.69) is 20.9 Å². The van der Waals surface area contributed by atoms with Crippen LogP contribution < -0.4 is 5.56 Å². The van der Waals surface area contributed by atoms with E-state index in [0.717, 1.165) is 20.9 Å². The number of hydrogen-bond acceptors (Lipinski definition) is 4. The highest BCUT2D eigenvalue weighted by Gasteiger charge is 2.27. The molecule has 0 bridgehead atoms. The standard InChI is InChI=1S/C22H20BrN3O3S/c1-13-5-7-17(8-6-13)30(28,29)26-20(16-9-14(2)24-15(3)10-16)11-18-19(23)12-25(4)22(27)21(18)26/h5-12H,1-4H3. The van der Waals surface area contributed by atoms with Crippen molar-refractivity contribution in [2.75, 3.05) is 0 Å². The summed E-state index contributed by atoms with van der Waals surface area (Å²) in [6.07, 6.45) is 1.64. The van der Waals surface area contributed by atoms with Gasteiger partial charge in [0.25, 0.3) is 15.6 Å². The molecule has 4 rings (SSSR count). The zero-order chi connectivity index (χ0) is 21.8. The Morgan fingerprint density at radius 1 is 0.967 bits per heavy atom. The van der Waals surface area contributed by atoms with Crippen LogP contribution in [0.1, 0.15) is 17.0 Å². The van der Waals surface area contributed by atoms with Gasteiger partial charge in [-0.2, -0.15) is 0 Å². The fourth-order valence-electron chi connectivity index (χ4n) is 3.59. The Morgan fingerprint density at radius 2 is 1.57 bits per heavy atom. The van der Waals surface area contributed by atoms with Gasteiger partial charge in [-0.1, -0.05) is 17.7 Å². The van der Waals surface area contributed by atoms with Gasteiger partial charge in [-0.15, -0.1) is 0 Å². The van der Waals surface area contributed by atoms with Gasteiger partial charge in [0.15, 0.2) is 0 Å². The lowest BCUT2D eigenvalue weighted by molar-refractivity contribution is 0.589. The number of hydrogen-bond donors (Lipinski definition) is 0. The van der Waals surface area contributed by atoms with Gasteiger partial charge in [0.05, 0.1) is 10.6 Å². The van der Waals surface area contributed by atoms with E-state index in [4.69, 9.17) is 0 Å². The van der Waals surface area contributed by atoms with E-state index in [-0.39, 0.29) is 10.4 Å². The van der Waals surface area contributed by atoms with Crippen LogP contribution in [-0.4, -0.2) is 21.9 Å². The molecule has 0 unspecified atom stereocenters. The maximum Gasteiger partial charge on any atom is 0.275 e. The fraction of sp³-hybridized carbons (Fsp3) is 0.182. The second kappa shape index (κ2) is 7.21. The zero-order valence-electron chi connectivity index (χ0n) is 17.0. The Kier molecular flexibility index (Phi) is 4.94. The first kappa shape index (κ1) is 20.6. The molecule has 3 aromatic heterocycles. The third-order valence-electron chi connectivity index (χ3n) is 4.98. The first-order chi connectivity index (χ1) is 14.1. The summed E-state index contributed by atoms with van der Waals surface area (Å²) in [7, 11) is -2.44. The fourth-order valence-corrected chi connectivity index (χ4v) is 5.73. The second-order valence-corrected chi connectivity index (χ2v) is 10.0. The molecule has 1 aromatic carbocycles. The number of fused-ring (bicyclic) bond motifs is 1. The number of rotatable bonds is 3. The van der Waals surface area contributed by atoms with Crippen LogP contribution in [0.3, 0.4) is 0 Å². The number of benzene rings is 1. The Balaban J connectivity index is 2.18. The van der Waals surface area contributed by atoms with Crippen molar-refractivity contribution in [3.63, 3.8) is 0 Å². The summed E-state index contributed by atoms with van der Waals surface area (Å²) >= 11 is 3.48. The molecule has 3 heterocycles. The maximum absolute atomic E-state index is 13.7. The molecule has 30 heavy (non-hydrogen) atoms. The summed E-state index contributed by atoms with van der Waals surface area (Å²) in [6, 6.07) is 12.0. The number of aromatic nitrogens is 3. The SMILES string of the molecule is Cc1ccc(S(=O)(=O)n2c(-c3cc(C)nc(C)c3)cc3c(Br)cn(C)c(=O)c32)cc1. The van der Waals surface area contributed by atoms with E-state index < -0.39 is 15.6 Å². The molecule has 0 aliphatic rings. The summed E-state index contributed by atoms with van der Waals surface area (Å²) in [5.41, 5.74) is 3.30. The van der Waals surface area contributed by atoms with Crippen LogP contribution in [-0.2, 0) is 17.1 Å². The van der Waals surface area contributed by atoms with E-state index in [9.17, 15) is 13.2 Å². The van der Waals surface area contributed by atoms with Gasteiger partial charge in [0, 0.05) is 40.1 Å². The monoisotopic (exact) mass is 485 g/mol. The lowest BCUT2D eigenvalue weighted by atomic mass is 10.1. The van der Waals surface area contributed by atoms with Gasteiger partial charge in [0.2, 0.25) is 0 Å². The highest BCUT2D eigenvalue weighted by molar-refractivity contribution is 9.10. The molecule has 8 heteroatoms. The van der Waals surface area contributed by atoms with E-state index in [1.165, 1.54) is 4.57 Å². The highest BCUT2D eigenvalue weighted by Crippen LogP contribution is 2.34. The molecule has 0 radical (unpaired) electrons.